The van der Waals surface area contributed by atoms with Crippen LogP contribution in [0, 0.1) is 11.8 Å². The maximum Gasteiger partial charge on any atom is 0.220 e. The molecule has 0 saturated heterocycles. The zero-order valence-electron chi connectivity index (χ0n) is 9.64. The van der Waals surface area contributed by atoms with Gasteiger partial charge in [0.05, 0.1) is 0 Å². The molecule has 0 aromatic heterocycles. The number of nitrogens with one attached hydrogen (secondary N) is 1. The molecule has 1 amide bonds. The van der Waals surface area contributed by atoms with Crippen molar-refractivity contribution in [3.05, 3.63) is 0 Å². The van der Waals surface area contributed by atoms with Crippen LogP contribution >= 0.6 is 15.9 Å². The lowest BCUT2D eigenvalue weighted by Gasteiger charge is -2.20. The highest BCUT2D eigenvalue weighted by Gasteiger charge is 2.14. The summed E-state index contributed by atoms with van der Waals surface area (Å²) >= 11 is 3.41. The van der Waals surface area contributed by atoms with E-state index in [1.54, 1.807) is 0 Å². The Balaban J connectivity index is 3.79. The van der Waals surface area contributed by atoms with E-state index in [2.05, 4.69) is 48.9 Å². The van der Waals surface area contributed by atoms with Gasteiger partial charge in [-0.1, -0.05) is 43.6 Å². The number of rotatable bonds is 6. The highest BCUT2D eigenvalue weighted by atomic mass is 79.9. The van der Waals surface area contributed by atoms with E-state index >= 15 is 0 Å². The van der Waals surface area contributed by atoms with Crippen molar-refractivity contribution in [2.45, 2.75) is 46.6 Å². The van der Waals surface area contributed by atoms with Crippen LogP contribution in [0.1, 0.15) is 40.5 Å². The Morgan fingerprint density at radius 3 is 2.21 bits per heavy atom. The van der Waals surface area contributed by atoms with Gasteiger partial charge in [0.2, 0.25) is 5.91 Å². The van der Waals surface area contributed by atoms with Gasteiger partial charge in [-0.05, 0) is 18.3 Å². The average Bonchev–Trinajstić information content (AvgIpc) is 2.10. The lowest BCUT2D eigenvalue weighted by Crippen LogP contribution is -2.39. The van der Waals surface area contributed by atoms with Crippen molar-refractivity contribution in [2.75, 3.05) is 5.33 Å². The number of hydrogen-bond donors (Lipinski definition) is 1. The molecule has 0 rings (SSSR count). The SMILES string of the molecule is CC(C)CCC(=O)NC(CBr)C(C)C. The first-order valence-electron chi connectivity index (χ1n) is 5.32. The third kappa shape index (κ3) is 6.41. The number of alkyl halides is 1. The summed E-state index contributed by atoms with van der Waals surface area (Å²) in [6, 6.07) is 0.259. The van der Waals surface area contributed by atoms with Crippen LogP contribution in [0.5, 0.6) is 0 Å². The Kier molecular flexibility index (Phi) is 7.24. The van der Waals surface area contributed by atoms with Crippen molar-refractivity contribution < 1.29 is 4.79 Å². The van der Waals surface area contributed by atoms with Crippen molar-refractivity contribution in [3.63, 3.8) is 0 Å². The van der Waals surface area contributed by atoms with Crippen LogP contribution in [0.25, 0.3) is 0 Å². The monoisotopic (exact) mass is 263 g/mol. The van der Waals surface area contributed by atoms with Gasteiger partial charge in [0.15, 0.2) is 0 Å². The standard InChI is InChI=1S/C11H22BrNO/c1-8(2)5-6-11(14)13-10(7-12)9(3)4/h8-10H,5-7H2,1-4H3,(H,13,14). The Labute approximate surface area is 96.0 Å². The molecule has 0 aromatic rings. The van der Waals surface area contributed by atoms with Crippen LogP contribution in [0.15, 0.2) is 0 Å². The average molecular weight is 264 g/mol. The minimum atomic E-state index is 0.178. The summed E-state index contributed by atoms with van der Waals surface area (Å²) in [6.45, 7) is 8.51. The lowest BCUT2D eigenvalue weighted by molar-refractivity contribution is -0.122. The van der Waals surface area contributed by atoms with Crippen LogP contribution in [-0.4, -0.2) is 17.3 Å². The van der Waals surface area contributed by atoms with E-state index in [-0.39, 0.29) is 11.9 Å². The predicted octanol–water partition coefficient (Wildman–Crippen LogP) is 2.96. The van der Waals surface area contributed by atoms with E-state index in [1.165, 1.54) is 0 Å². The topological polar surface area (TPSA) is 29.1 Å². The van der Waals surface area contributed by atoms with Crippen LogP contribution in [-0.2, 0) is 4.79 Å². The van der Waals surface area contributed by atoms with E-state index in [9.17, 15) is 4.79 Å². The van der Waals surface area contributed by atoms with E-state index in [1.807, 2.05) is 0 Å². The third-order valence-electron chi connectivity index (χ3n) is 2.27. The van der Waals surface area contributed by atoms with Gasteiger partial charge in [-0.3, -0.25) is 4.79 Å². The Morgan fingerprint density at radius 2 is 1.86 bits per heavy atom. The number of hydrogen-bond acceptors (Lipinski definition) is 1. The smallest absolute Gasteiger partial charge is 0.220 e. The van der Waals surface area contributed by atoms with Gasteiger partial charge in [0.25, 0.3) is 0 Å². The Bertz CT molecular complexity index is 169. The second kappa shape index (κ2) is 7.27. The van der Waals surface area contributed by atoms with Gasteiger partial charge in [0.1, 0.15) is 0 Å². The molecule has 0 aliphatic carbocycles. The van der Waals surface area contributed by atoms with Crippen LogP contribution in [0.3, 0.4) is 0 Å². The first-order chi connectivity index (χ1) is 6.47. The van der Waals surface area contributed by atoms with Gasteiger partial charge >= 0.3 is 0 Å². The minimum absolute atomic E-state index is 0.178. The number of halogens is 1. The predicted molar refractivity (Wildman–Crippen MR) is 64.6 cm³/mol. The first-order valence-corrected chi connectivity index (χ1v) is 6.44. The van der Waals surface area contributed by atoms with Crippen molar-refractivity contribution in [1.82, 2.24) is 5.32 Å². The molecule has 0 fully saturated rings. The van der Waals surface area contributed by atoms with E-state index in [0.29, 0.717) is 18.3 Å². The molecule has 1 N–H and O–H groups in total. The van der Waals surface area contributed by atoms with E-state index in [4.69, 9.17) is 0 Å². The molecule has 14 heavy (non-hydrogen) atoms. The first kappa shape index (κ1) is 13.9. The number of carbonyl (C=O) groups excluding carboxylic acids is 1. The molecule has 1 atom stereocenters. The molecule has 84 valence electrons. The summed E-state index contributed by atoms with van der Waals surface area (Å²) in [5, 5.41) is 3.87. The van der Waals surface area contributed by atoms with Crippen LogP contribution in [0.2, 0.25) is 0 Å². The van der Waals surface area contributed by atoms with Gasteiger partial charge < -0.3 is 5.32 Å². The highest BCUT2D eigenvalue weighted by molar-refractivity contribution is 9.09. The van der Waals surface area contributed by atoms with Crippen molar-refractivity contribution >= 4 is 21.8 Å². The second-order valence-electron chi connectivity index (χ2n) is 4.50. The molecular formula is C11H22BrNO. The van der Waals surface area contributed by atoms with E-state index in [0.717, 1.165) is 11.8 Å². The largest absolute Gasteiger partial charge is 0.352 e. The van der Waals surface area contributed by atoms with Gasteiger partial charge in [0, 0.05) is 17.8 Å². The van der Waals surface area contributed by atoms with Crippen molar-refractivity contribution in [2.24, 2.45) is 11.8 Å². The molecule has 0 spiro atoms. The van der Waals surface area contributed by atoms with Gasteiger partial charge in [-0.2, -0.15) is 0 Å². The molecule has 1 unspecified atom stereocenters. The fraction of sp³-hybridized carbons (Fsp3) is 0.909. The summed E-state index contributed by atoms with van der Waals surface area (Å²) in [4.78, 5) is 11.5. The van der Waals surface area contributed by atoms with Crippen LogP contribution in [0.4, 0.5) is 0 Å². The zero-order valence-corrected chi connectivity index (χ0v) is 11.2. The number of carbonyl (C=O) groups is 1. The molecule has 0 bridgehead atoms. The second-order valence-corrected chi connectivity index (χ2v) is 5.15. The highest BCUT2D eigenvalue weighted by Crippen LogP contribution is 2.07. The molecule has 0 radical (unpaired) electrons. The molecule has 0 aliphatic rings. The quantitative estimate of drug-likeness (QED) is 0.734. The summed E-state index contributed by atoms with van der Waals surface area (Å²) in [5.41, 5.74) is 0. The maximum atomic E-state index is 11.5. The zero-order chi connectivity index (χ0) is 11.1. The van der Waals surface area contributed by atoms with Crippen molar-refractivity contribution in [1.29, 1.82) is 0 Å². The Hall–Kier alpha value is -0.0500. The molecular weight excluding hydrogens is 242 g/mol. The summed E-state index contributed by atoms with van der Waals surface area (Å²) in [5.74, 6) is 1.26. The van der Waals surface area contributed by atoms with Crippen LogP contribution < -0.4 is 5.32 Å². The summed E-state index contributed by atoms with van der Waals surface area (Å²) in [6.07, 6.45) is 1.62. The normalized spacial score (nSPS) is 13.4. The maximum absolute atomic E-state index is 11.5. The van der Waals surface area contributed by atoms with Gasteiger partial charge in [-0.15, -0.1) is 0 Å². The fourth-order valence-corrected chi connectivity index (χ4v) is 1.99. The van der Waals surface area contributed by atoms with E-state index < -0.39 is 0 Å². The summed E-state index contributed by atoms with van der Waals surface area (Å²) in [7, 11) is 0. The molecule has 2 nitrogen and oxygen atoms in total. The van der Waals surface area contributed by atoms with Crippen molar-refractivity contribution in [3.8, 4) is 0 Å². The number of amides is 1. The molecule has 0 aromatic carbocycles. The fourth-order valence-electron chi connectivity index (χ4n) is 1.08. The van der Waals surface area contributed by atoms with Gasteiger partial charge in [-0.25, -0.2) is 0 Å². The Morgan fingerprint density at radius 1 is 1.29 bits per heavy atom. The molecule has 0 saturated carbocycles. The molecule has 0 aliphatic heterocycles. The summed E-state index contributed by atoms with van der Waals surface area (Å²) < 4.78 is 0. The lowest BCUT2D eigenvalue weighted by atomic mass is 10.0. The minimum Gasteiger partial charge on any atom is -0.352 e. The third-order valence-corrected chi connectivity index (χ3v) is 2.96. The molecule has 3 heteroatoms. The molecule has 0 heterocycles.